The van der Waals surface area contributed by atoms with Gasteiger partial charge >= 0.3 is 0 Å². The van der Waals surface area contributed by atoms with E-state index in [0.29, 0.717) is 11.6 Å². The number of rotatable bonds is 8. The van der Waals surface area contributed by atoms with Gasteiger partial charge < -0.3 is 15.8 Å². The lowest BCUT2D eigenvalue weighted by atomic mass is 10.1. The van der Waals surface area contributed by atoms with Crippen molar-refractivity contribution in [3.63, 3.8) is 0 Å². The topological polar surface area (TPSA) is 78.0 Å². The molecule has 0 aliphatic heterocycles. The first-order chi connectivity index (χ1) is 9.92. The molecule has 118 valence electrons. The maximum absolute atomic E-state index is 8.73. The van der Waals surface area contributed by atoms with E-state index in [9.17, 15) is 0 Å². The number of nitrogens with two attached hydrogens (primary N) is 1. The van der Waals surface area contributed by atoms with Crippen LogP contribution >= 0.6 is 0 Å². The van der Waals surface area contributed by atoms with Crippen molar-refractivity contribution in [3.8, 4) is 0 Å². The van der Waals surface area contributed by atoms with Crippen LogP contribution in [0.2, 0.25) is 0 Å². The van der Waals surface area contributed by atoms with E-state index in [2.05, 4.69) is 47.9 Å². The number of likely N-dealkylation sites (N-methyl/N-ethyl adjacent to an activating group) is 1. The van der Waals surface area contributed by atoms with E-state index in [1.54, 1.807) is 6.20 Å². The Morgan fingerprint density at radius 1 is 1.38 bits per heavy atom. The Kier molecular flexibility index (Phi) is 7.11. The summed E-state index contributed by atoms with van der Waals surface area (Å²) in [7, 11) is 4.16. The van der Waals surface area contributed by atoms with E-state index < -0.39 is 0 Å². The summed E-state index contributed by atoms with van der Waals surface area (Å²) in [5.41, 5.74) is 7.21. The molecule has 0 saturated carbocycles. The predicted octanol–water partition coefficient (Wildman–Crippen LogP) is 1.20. The number of hydrogen-bond donors (Lipinski definition) is 2. The van der Waals surface area contributed by atoms with Crippen LogP contribution < -0.4 is 5.73 Å². The first-order valence-corrected chi connectivity index (χ1v) is 7.22. The molecule has 1 aromatic rings. The van der Waals surface area contributed by atoms with Crippen LogP contribution in [0.1, 0.15) is 25.1 Å². The quantitative estimate of drug-likeness (QED) is 0.326. The molecule has 6 nitrogen and oxygen atoms in total. The normalized spacial score (nSPS) is 12.6. The molecule has 0 aliphatic carbocycles. The molecule has 1 heterocycles. The lowest BCUT2D eigenvalue weighted by Gasteiger charge is -2.26. The lowest BCUT2D eigenvalue weighted by molar-refractivity contribution is 0.211. The van der Waals surface area contributed by atoms with Crippen molar-refractivity contribution >= 4 is 5.84 Å². The van der Waals surface area contributed by atoms with Gasteiger partial charge in [-0.15, -0.1) is 0 Å². The van der Waals surface area contributed by atoms with Crippen LogP contribution in [0.25, 0.3) is 0 Å². The highest BCUT2D eigenvalue weighted by atomic mass is 16.4. The van der Waals surface area contributed by atoms with Crippen molar-refractivity contribution in [2.24, 2.45) is 16.8 Å². The summed E-state index contributed by atoms with van der Waals surface area (Å²) in [6, 6.07) is 3.84. The molecular weight excluding hydrogens is 266 g/mol. The second kappa shape index (κ2) is 8.59. The molecule has 0 saturated heterocycles. The minimum Gasteiger partial charge on any atom is -0.409 e. The van der Waals surface area contributed by atoms with Gasteiger partial charge in [-0.25, -0.2) is 0 Å². The van der Waals surface area contributed by atoms with Crippen LogP contribution in [0.15, 0.2) is 23.5 Å². The van der Waals surface area contributed by atoms with Crippen LogP contribution in [0, 0.1) is 5.92 Å². The van der Waals surface area contributed by atoms with Gasteiger partial charge in [0.15, 0.2) is 5.84 Å². The van der Waals surface area contributed by atoms with Crippen LogP contribution in [-0.4, -0.2) is 59.6 Å². The molecule has 0 radical (unpaired) electrons. The predicted molar refractivity (Wildman–Crippen MR) is 85.4 cm³/mol. The molecular formula is C15H27N5O. The van der Waals surface area contributed by atoms with Gasteiger partial charge in [-0.05, 0) is 37.7 Å². The SMILES string of the molecule is CC(C)CN(CCN(C)C)Cc1ccnc(C(N)=NO)c1. The Hall–Kier alpha value is -1.66. The summed E-state index contributed by atoms with van der Waals surface area (Å²) < 4.78 is 0. The van der Waals surface area contributed by atoms with Crippen LogP contribution in [0.5, 0.6) is 0 Å². The number of amidine groups is 1. The van der Waals surface area contributed by atoms with Crippen LogP contribution in [0.4, 0.5) is 0 Å². The van der Waals surface area contributed by atoms with E-state index in [-0.39, 0.29) is 5.84 Å². The monoisotopic (exact) mass is 293 g/mol. The fraction of sp³-hybridized carbons (Fsp3) is 0.600. The molecule has 0 atom stereocenters. The van der Waals surface area contributed by atoms with Gasteiger partial charge in [-0.2, -0.15) is 0 Å². The fourth-order valence-electron chi connectivity index (χ4n) is 2.11. The van der Waals surface area contributed by atoms with Gasteiger partial charge in [0.25, 0.3) is 0 Å². The minimum absolute atomic E-state index is 0.0422. The summed E-state index contributed by atoms with van der Waals surface area (Å²) in [5, 5.41) is 11.7. The summed E-state index contributed by atoms with van der Waals surface area (Å²) >= 11 is 0. The third-order valence-corrected chi connectivity index (χ3v) is 3.09. The second-order valence-electron chi connectivity index (χ2n) is 5.97. The first-order valence-electron chi connectivity index (χ1n) is 7.22. The molecule has 0 bridgehead atoms. The highest BCUT2D eigenvalue weighted by molar-refractivity contribution is 5.95. The third kappa shape index (κ3) is 6.55. The van der Waals surface area contributed by atoms with Gasteiger partial charge in [0, 0.05) is 32.4 Å². The number of hydrogen-bond acceptors (Lipinski definition) is 5. The zero-order valence-electron chi connectivity index (χ0n) is 13.5. The standard InChI is InChI=1S/C15H27N5O/c1-12(2)10-20(8-7-19(3)4)11-13-5-6-17-14(9-13)15(16)18-21/h5-6,9,12,21H,7-8,10-11H2,1-4H3,(H2,16,18). The molecule has 3 N–H and O–H groups in total. The molecule has 0 unspecified atom stereocenters. The average molecular weight is 293 g/mol. The molecule has 0 amide bonds. The van der Waals surface area contributed by atoms with Gasteiger partial charge in [-0.1, -0.05) is 19.0 Å². The number of nitrogens with zero attached hydrogens (tertiary/aromatic N) is 4. The Morgan fingerprint density at radius 3 is 2.67 bits per heavy atom. The van der Waals surface area contributed by atoms with Crippen molar-refractivity contribution < 1.29 is 5.21 Å². The van der Waals surface area contributed by atoms with E-state index >= 15 is 0 Å². The number of aromatic nitrogens is 1. The zero-order chi connectivity index (χ0) is 15.8. The average Bonchev–Trinajstić information content (AvgIpc) is 2.43. The van der Waals surface area contributed by atoms with Gasteiger partial charge in [-0.3, -0.25) is 9.88 Å². The van der Waals surface area contributed by atoms with E-state index in [1.807, 2.05) is 12.1 Å². The fourth-order valence-corrected chi connectivity index (χ4v) is 2.11. The lowest BCUT2D eigenvalue weighted by Crippen LogP contribution is -2.34. The van der Waals surface area contributed by atoms with E-state index in [4.69, 9.17) is 10.9 Å². The van der Waals surface area contributed by atoms with Crippen molar-refractivity contribution in [1.82, 2.24) is 14.8 Å². The largest absolute Gasteiger partial charge is 0.409 e. The van der Waals surface area contributed by atoms with Crippen LogP contribution in [0.3, 0.4) is 0 Å². The molecule has 0 aliphatic rings. The highest BCUT2D eigenvalue weighted by Crippen LogP contribution is 2.08. The molecule has 0 fully saturated rings. The molecule has 0 spiro atoms. The molecule has 1 aromatic heterocycles. The molecule has 0 aromatic carbocycles. The smallest absolute Gasteiger partial charge is 0.188 e. The number of pyridine rings is 1. The summed E-state index contributed by atoms with van der Waals surface area (Å²) in [6.45, 7) is 8.33. The van der Waals surface area contributed by atoms with Crippen LogP contribution in [-0.2, 0) is 6.54 Å². The number of oxime groups is 1. The van der Waals surface area contributed by atoms with Crippen molar-refractivity contribution in [3.05, 3.63) is 29.6 Å². The van der Waals surface area contributed by atoms with Gasteiger partial charge in [0.05, 0.1) is 0 Å². The summed E-state index contributed by atoms with van der Waals surface area (Å²) in [4.78, 5) is 8.71. The minimum atomic E-state index is 0.0422. The summed E-state index contributed by atoms with van der Waals surface area (Å²) in [6.07, 6.45) is 1.70. The maximum atomic E-state index is 8.73. The maximum Gasteiger partial charge on any atom is 0.188 e. The molecule has 6 heteroatoms. The Labute approximate surface area is 127 Å². The Balaban J connectivity index is 2.77. The van der Waals surface area contributed by atoms with Gasteiger partial charge in [0.1, 0.15) is 5.69 Å². The zero-order valence-corrected chi connectivity index (χ0v) is 13.5. The van der Waals surface area contributed by atoms with Crippen molar-refractivity contribution in [2.45, 2.75) is 20.4 Å². The highest BCUT2D eigenvalue weighted by Gasteiger charge is 2.10. The van der Waals surface area contributed by atoms with Gasteiger partial charge in [0.2, 0.25) is 0 Å². The first kappa shape index (κ1) is 17.4. The summed E-state index contributed by atoms with van der Waals surface area (Å²) in [5.74, 6) is 0.651. The van der Waals surface area contributed by atoms with Crippen molar-refractivity contribution in [2.75, 3.05) is 33.7 Å². The second-order valence-corrected chi connectivity index (χ2v) is 5.97. The third-order valence-electron chi connectivity index (χ3n) is 3.09. The van der Waals surface area contributed by atoms with E-state index in [1.165, 1.54) is 0 Å². The van der Waals surface area contributed by atoms with E-state index in [0.717, 1.165) is 31.7 Å². The van der Waals surface area contributed by atoms with Crippen molar-refractivity contribution in [1.29, 1.82) is 0 Å². The molecule has 1 rings (SSSR count). The Morgan fingerprint density at radius 2 is 2.10 bits per heavy atom. The Bertz CT molecular complexity index is 459. The molecule has 21 heavy (non-hydrogen) atoms.